The Hall–Kier alpha value is -3.07. The molecule has 0 saturated heterocycles. The van der Waals surface area contributed by atoms with Gasteiger partial charge in [0, 0.05) is 0 Å². The third kappa shape index (κ3) is 2.81. The Balaban J connectivity index is 2.27. The molecule has 0 aliphatic carbocycles. The maximum absolute atomic E-state index is 11.6. The minimum absolute atomic E-state index is 0.155. The van der Waals surface area contributed by atoms with Gasteiger partial charge in [0.25, 0.3) is 0 Å². The van der Waals surface area contributed by atoms with Gasteiger partial charge in [-0.2, -0.15) is 0 Å². The second-order valence-corrected chi connectivity index (χ2v) is 5.38. The van der Waals surface area contributed by atoms with Gasteiger partial charge >= 0.3 is 5.97 Å². The summed E-state index contributed by atoms with van der Waals surface area (Å²) < 4.78 is 0. The summed E-state index contributed by atoms with van der Waals surface area (Å²) in [5.41, 5.74) is 4.66. The fraction of sp³-hybridized carbons (Fsp3) is 0.0500. The van der Waals surface area contributed by atoms with Gasteiger partial charge < -0.3 is 10.2 Å². The van der Waals surface area contributed by atoms with Crippen LogP contribution in [-0.2, 0) is 0 Å². The van der Waals surface area contributed by atoms with Gasteiger partial charge in [-0.15, -0.1) is 0 Å². The zero-order valence-electron chi connectivity index (χ0n) is 12.7. The molecule has 0 spiro atoms. The van der Waals surface area contributed by atoms with Gasteiger partial charge in [0.05, 0.1) is 5.56 Å². The first-order chi connectivity index (χ1) is 11.1. The van der Waals surface area contributed by atoms with E-state index < -0.39 is 5.97 Å². The van der Waals surface area contributed by atoms with E-state index in [2.05, 4.69) is 0 Å². The third-order valence-corrected chi connectivity index (χ3v) is 3.94. The number of aromatic hydroxyl groups is 1. The maximum Gasteiger partial charge on any atom is 0.336 e. The molecule has 0 unspecified atom stereocenters. The molecule has 3 aromatic carbocycles. The monoisotopic (exact) mass is 304 g/mol. The number of hydrogen-bond donors (Lipinski definition) is 2. The lowest BCUT2D eigenvalue weighted by molar-refractivity contribution is 0.0697. The van der Waals surface area contributed by atoms with Crippen molar-refractivity contribution < 1.29 is 15.0 Å². The van der Waals surface area contributed by atoms with E-state index in [4.69, 9.17) is 0 Å². The van der Waals surface area contributed by atoms with Crippen LogP contribution in [0.5, 0.6) is 5.75 Å². The van der Waals surface area contributed by atoms with Crippen molar-refractivity contribution in [3.8, 4) is 28.0 Å². The number of carboxylic acid groups (broad SMARTS) is 1. The first kappa shape index (κ1) is 14.9. The number of benzene rings is 3. The average molecular weight is 304 g/mol. The van der Waals surface area contributed by atoms with Crippen LogP contribution in [0.1, 0.15) is 15.9 Å². The molecule has 3 aromatic rings. The topological polar surface area (TPSA) is 57.5 Å². The number of hydrogen-bond acceptors (Lipinski definition) is 2. The second-order valence-electron chi connectivity index (χ2n) is 5.38. The Morgan fingerprint density at radius 2 is 1.48 bits per heavy atom. The zero-order chi connectivity index (χ0) is 16.4. The highest BCUT2D eigenvalue weighted by molar-refractivity contribution is 5.99. The quantitative estimate of drug-likeness (QED) is 0.735. The molecule has 0 fully saturated rings. The summed E-state index contributed by atoms with van der Waals surface area (Å²) in [6, 6.07) is 20.0. The van der Waals surface area contributed by atoms with Crippen molar-refractivity contribution in [2.45, 2.75) is 6.92 Å². The van der Waals surface area contributed by atoms with Gasteiger partial charge in [0.2, 0.25) is 0 Å². The lowest BCUT2D eigenvalue weighted by atomic mass is 9.89. The van der Waals surface area contributed by atoms with Gasteiger partial charge in [-0.1, -0.05) is 48.5 Å². The van der Waals surface area contributed by atoms with E-state index in [0.29, 0.717) is 5.56 Å². The molecule has 0 aliphatic rings. The first-order valence-corrected chi connectivity index (χ1v) is 7.29. The molecule has 0 bridgehead atoms. The molecular formula is C20H16O3. The molecule has 0 aliphatic heterocycles. The van der Waals surface area contributed by atoms with Crippen LogP contribution in [0.15, 0.2) is 66.7 Å². The van der Waals surface area contributed by atoms with Crippen LogP contribution in [-0.4, -0.2) is 16.2 Å². The number of phenolic OH excluding ortho intramolecular Hbond substituents is 1. The first-order valence-electron chi connectivity index (χ1n) is 7.29. The number of carbonyl (C=O) groups is 1. The van der Waals surface area contributed by atoms with Gasteiger partial charge in [-0.3, -0.25) is 0 Å². The van der Waals surface area contributed by atoms with Crippen LogP contribution in [0.3, 0.4) is 0 Å². The Kier molecular flexibility index (Phi) is 3.85. The Labute approximate surface area is 134 Å². The Bertz CT molecular complexity index is 850. The lowest BCUT2D eigenvalue weighted by Gasteiger charge is -2.15. The highest BCUT2D eigenvalue weighted by atomic mass is 16.4. The zero-order valence-corrected chi connectivity index (χ0v) is 12.7. The van der Waals surface area contributed by atoms with Crippen LogP contribution in [0, 0.1) is 6.92 Å². The molecule has 3 rings (SSSR count). The molecule has 0 radical (unpaired) electrons. The molecular weight excluding hydrogens is 288 g/mol. The van der Waals surface area contributed by atoms with Gasteiger partial charge in [-0.05, 0) is 52.9 Å². The van der Waals surface area contributed by atoms with Crippen molar-refractivity contribution in [1.82, 2.24) is 0 Å². The minimum Gasteiger partial charge on any atom is -0.508 e. The summed E-state index contributed by atoms with van der Waals surface area (Å²) in [6.45, 7) is 1.93. The van der Waals surface area contributed by atoms with Gasteiger partial charge in [0.1, 0.15) is 5.75 Å². The van der Waals surface area contributed by atoms with E-state index in [1.807, 2.05) is 43.3 Å². The molecule has 3 nitrogen and oxygen atoms in total. The third-order valence-electron chi connectivity index (χ3n) is 3.94. The van der Waals surface area contributed by atoms with Crippen LogP contribution >= 0.6 is 0 Å². The van der Waals surface area contributed by atoms with Gasteiger partial charge in [-0.25, -0.2) is 4.79 Å². The predicted molar refractivity (Wildman–Crippen MR) is 90.7 cm³/mol. The number of aromatic carboxylic acids is 1. The van der Waals surface area contributed by atoms with Crippen LogP contribution in [0.4, 0.5) is 0 Å². The molecule has 0 heterocycles. The van der Waals surface area contributed by atoms with E-state index in [1.54, 1.807) is 30.3 Å². The van der Waals surface area contributed by atoms with Gasteiger partial charge in [0.15, 0.2) is 0 Å². The van der Waals surface area contributed by atoms with E-state index in [-0.39, 0.29) is 11.3 Å². The summed E-state index contributed by atoms with van der Waals surface area (Å²) in [7, 11) is 0. The number of rotatable bonds is 3. The van der Waals surface area contributed by atoms with Crippen LogP contribution < -0.4 is 0 Å². The van der Waals surface area contributed by atoms with Crippen molar-refractivity contribution in [3.05, 3.63) is 77.9 Å². The Morgan fingerprint density at radius 1 is 0.826 bits per heavy atom. The van der Waals surface area contributed by atoms with Crippen molar-refractivity contribution in [3.63, 3.8) is 0 Å². The highest BCUT2D eigenvalue weighted by Crippen LogP contribution is 2.35. The van der Waals surface area contributed by atoms with E-state index in [1.165, 1.54) is 0 Å². The highest BCUT2D eigenvalue weighted by Gasteiger charge is 2.17. The fourth-order valence-electron chi connectivity index (χ4n) is 2.82. The number of carboxylic acids is 1. The molecule has 0 atom stereocenters. The molecule has 0 saturated carbocycles. The van der Waals surface area contributed by atoms with Crippen LogP contribution in [0.25, 0.3) is 22.3 Å². The lowest BCUT2D eigenvalue weighted by Crippen LogP contribution is -2.02. The summed E-state index contributed by atoms with van der Waals surface area (Å²) in [5, 5.41) is 19.0. The largest absolute Gasteiger partial charge is 0.508 e. The van der Waals surface area contributed by atoms with Crippen molar-refractivity contribution in [1.29, 1.82) is 0 Å². The molecule has 23 heavy (non-hydrogen) atoms. The van der Waals surface area contributed by atoms with Crippen LogP contribution in [0.2, 0.25) is 0 Å². The fourth-order valence-corrected chi connectivity index (χ4v) is 2.82. The second kappa shape index (κ2) is 5.97. The van der Waals surface area contributed by atoms with Crippen molar-refractivity contribution in [2.75, 3.05) is 0 Å². The van der Waals surface area contributed by atoms with Crippen molar-refractivity contribution >= 4 is 5.97 Å². The molecule has 0 aromatic heterocycles. The Morgan fingerprint density at radius 3 is 2.09 bits per heavy atom. The van der Waals surface area contributed by atoms with E-state index in [0.717, 1.165) is 22.3 Å². The standard InChI is InChI=1S/C20H16O3/c1-13-17(14-5-3-2-4-6-14)11-12-18(20(22)23)19(13)15-7-9-16(21)10-8-15/h2-12,21H,1H3,(H,22,23). The summed E-state index contributed by atoms with van der Waals surface area (Å²) in [6.07, 6.45) is 0. The summed E-state index contributed by atoms with van der Waals surface area (Å²) in [4.78, 5) is 11.6. The molecule has 3 heteroatoms. The SMILES string of the molecule is Cc1c(-c2ccccc2)ccc(C(=O)O)c1-c1ccc(O)cc1. The van der Waals surface area contributed by atoms with Crippen molar-refractivity contribution in [2.24, 2.45) is 0 Å². The summed E-state index contributed by atoms with van der Waals surface area (Å²) >= 11 is 0. The average Bonchev–Trinajstić information content (AvgIpc) is 2.56. The number of phenols is 1. The predicted octanol–water partition coefficient (Wildman–Crippen LogP) is 4.73. The minimum atomic E-state index is -0.962. The van der Waals surface area contributed by atoms with E-state index >= 15 is 0 Å². The molecule has 114 valence electrons. The van der Waals surface area contributed by atoms with E-state index in [9.17, 15) is 15.0 Å². The molecule has 2 N–H and O–H groups in total. The summed E-state index contributed by atoms with van der Waals surface area (Å²) in [5.74, 6) is -0.807. The maximum atomic E-state index is 11.6. The smallest absolute Gasteiger partial charge is 0.336 e. The normalized spacial score (nSPS) is 10.5. The molecule has 0 amide bonds.